The Bertz CT molecular complexity index is 764. The number of methoxy groups -OCH3 is 2. The molecular formula is C24H32N2O3. The Morgan fingerprint density at radius 1 is 1.03 bits per heavy atom. The Labute approximate surface area is 174 Å². The summed E-state index contributed by atoms with van der Waals surface area (Å²) in [5.74, 6) is 1.86. The summed E-state index contributed by atoms with van der Waals surface area (Å²) in [6.07, 6.45) is 3.49. The van der Waals surface area contributed by atoms with Crippen molar-refractivity contribution in [3.05, 3.63) is 54.1 Å². The average molecular weight is 397 g/mol. The molecule has 5 nitrogen and oxygen atoms in total. The summed E-state index contributed by atoms with van der Waals surface area (Å²) >= 11 is 0. The number of para-hydroxylation sites is 1. The van der Waals surface area contributed by atoms with Crippen molar-refractivity contribution < 1.29 is 14.3 Å². The number of hydrogen-bond acceptors (Lipinski definition) is 4. The van der Waals surface area contributed by atoms with E-state index in [9.17, 15) is 4.79 Å². The van der Waals surface area contributed by atoms with Crippen LogP contribution in [0, 0.1) is 0 Å². The molecule has 0 aliphatic carbocycles. The fourth-order valence-corrected chi connectivity index (χ4v) is 4.02. The lowest BCUT2D eigenvalue weighted by molar-refractivity contribution is -0.119. The highest BCUT2D eigenvalue weighted by Gasteiger charge is 2.28. The van der Waals surface area contributed by atoms with E-state index in [1.807, 2.05) is 48.2 Å². The minimum Gasteiger partial charge on any atom is -0.497 e. The molecule has 3 rings (SSSR count). The van der Waals surface area contributed by atoms with Gasteiger partial charge in [-0.3, -0.25) is 4.79 Å². The summed E-state index contributed by atoms with van der Waals surface area (Å²) in [6.45, 7) is 4.95. The molecule has 5 heteroatoms. The number of piperidine rings is 1. The molecular weight excluding hydrogens is 364 g/mol. The number of ether oxygens (including phenoxy) is 2. The second-order valence-corrected chi connectivity index (χ2v) is 7.50. The van der Waals surface area contributed by atoms with Gasteiger partial charge in [0.15, 0.2) is 0 Å². The molecule has 29 heavy (non-hydrogen) atoms. The van der Waals surface area contributed by atoms with E-state index in [-0.39, 0.29) is 11.9 Å². The van der Waals surface area contributed by atoms with Crippen molar-refractivity contribution in [1.82, 2.24) is 4.90 Å². The van der Waals surface area contributed by atoms with Gasteiger partial charge in [-0.25, -0.2) is 0 Å². The molecule has 156 valence electrons. The molecule has 0 atom stereocenters. The lowest BCUT2D eigenvalue weighted by Gasteiger charge is -2.38. The molecule has 1 saturated heterocycles. The molecule has 0 bridgehead atoms. The summed E-state index contributed by atoms with van der Waals surface area (Å²) in [5, 5.41) is 0. The predicted molar refractivity (Wildman–Crippen MR) is 117 cm³/mol. The topological polar surface area (TPSA) is 42.0 Å². The van der Waals surface area contributed by atoms with Gasteiger partial charge in [0.05, 0.1) is 14.2 Å². The van der Waals surface area contributed by atoms with Crippen LogP contribution in [0.5, 0.6) is 11.5 Å². The second-order valence-electron chi connectivity index (χ2n) is 7.50. The minimum absolute atomic E-state index is 0.207. The van der Waals surface area contributed by atoms with E-state index in [0.29, 0.717) is 6.42 Å². The number of anilines is 1. The van der Waals surface area contributed by atoms with Crippen molar-refractivity contribution >= 4 is 11.6 Å². The maximum atomic E-state index is 12.6. The summed E-state index contributed by atoms with van der Waals surface area (Å²) in [6, 6.07) is 16.4. The quantitative estimate of drug-likeness (QED) is 0.672. The molecule has 0 saturated carbocycles. The molecule has 0 unspecified atom stereocenters. The second kappa shape index (κ2) is 10.3. The zero-order valence-corrected chi connectivity index (χ0v) is 17.8. The molecule has 1 fully saturated rings. The Morgan fingerprint density at radius 3 is 2.21 bits per heavy atom. The van der Waals surface area contributed by atoms with Crippen LogP contribution in [0.25, 0.3) is 0 Å². The van der Waals surface area contributed by atoms with Gasteiger partial charge in [0, 0.05) is 43.9 Å². The Balaban J connectivity index is 1.58. The lowest BCUT2D eigenvalue weighted by Crippen LogP contribution is -2.47. The van der Waals surface area contributed by atoms with Gasteiger partial charge in [0.2, 0.25) is 5.91 Å². The first-order valence-corrected chi connectivity index (χ1v) is 10.5. The van der Waals surface area contributed by atoms with E-state index in [2.05, 4.69) is 17.0 Å². The van der Waals surface area contributed by atoms with E-state index in [4.69, 9.17) is 9.47 Å². The molecule has 1 heterocycles. The van der Waals surface area contributed by atoms with E-state index >= 15 is 0 Å². The van der Waals surface area contributed by atoms with E-state index in [1.54, 1.807) is 14.2 Å². The van der Waals surface area contributed by atoms with Crippen molar-refractivity contribution in [2.24, 2.45) is 0 Å². The van der Waals surface area contributed by atoms with Gasteiger partial charge < -0.3 is 19.3 Å². The fraction of sp³-hybridized carbons (Fsp3) is 0.458. The van der Waals surface area contributed by atoms with Crippen molar-refractivity contribution in [3.63, 3.8) is 0 Å². The number of rotatable bonds is 8. The van der Waals surface area contributed by atoms with E-state index < -0.39 is 0 Å². The van der Waals surface area contributed by atoms with Crippen LogP contribution >= 0.6 is 0 Å². The van der Waals surface area contributed by atoms with Crippen LogP contribution in [-0.4, -0.2) is 50.7 Å². The molecule has 2 aromatic carbocycles. The first-order chi connectivity index (χ1) is 14.1. The number of hydrogen-bond donors (Lipinski definition) is 0. The molecule has 2 aromatic rings. The number of amides is 1. The highest BCUT2D eigenvalue weighted by atomic mass is 16.5. The van der Waals surface area contributed by atoms with Crippen molar-refractivity contribution in [3.8, 4) is 11.5 Å². The third kappa shape index (κ3) is 5.51. The highest BCUT2D eigenvalue weighted by molar-refractivity contribution is 5.93. The monoisotopic (exact) mass is 396 g/mol. The van der Waals surface area contributed by atoms with Crippen LogP contribution in [0.3, 0.4) is 0 Å². The van der Waals surface area contributed by atoms with Crippen LogP contribution < -0.4 is 14.4 Å². The third-order valence-electron chi connectivity index (χ3n) is 5.66. The molecule has 0 spiro atoms. The number of nitrogens with zero attached hydrogens (tertiary/aromatic N) is 2. The maximum Gasteiger partial charge on any atom is 0.226 e. The smallest absolute Gasteiger partial charge is 0.226 e. The highest BCUT2D eigenvalue weighted by Crippen LogP contribution is 2.26. The normalized spacial score (nSPS) is 15.1. The summed E-state index contributed by atoms with van der Waals surface area (Å²) in [7, 11) is 3.36. The van der Waals surface area contributed by atoms with Gasteiger partial charge in [-0.05, 0) is 49.1 Å². The van der Waals surface area contributed by atoms with Crippen LogP contribution in [0.2, 0.25) is 0 Å². The summed E-state index contributed by atoms with van der Waals surface area (Å²) in [5.41, 5.74) is 2.23. The molecule has 0 N–H and O–H groups in total. The average Bonchev–Trinajstić information content (AvgIpc) is 2.79. The number of carbonyl (C=O) groups excluding carboxylic acids is 1. The molecule has 0 aromatic heterocycles. The summed E-state index contributed by atoms with van der Waals surface area (Å²) in [4.78, 5) is 17.1. The molecule has 1 aliphatic heterocycles. The predicted octanol–water partition coefficient (Wildman–Crippen LogP) is 4.15. The van der Waals surface area contributed by atoms with Crippen molar-refractivity contribution in [1.29, 1.82) is 0 Å². The van der Waals surface area contributed by atoms with Crippen LogP contribution in [0.1, 0.15) is 31.7 Å². The SMILES string of the molecule is CCC(=O)N(c1ccccc1)C1CCN(CCc2cc(OC)cc(OC)c2)CC1. The van der Waals surface area contributed by atoms with Gasteiger partial charge in [-0.1, -0.05) is 25.1 Å². The van der Waals surface area contributed by atoms with Gasteiger partial charge in [-0.2, -0.15) is 0 Å². The van der Waals surface area contributed by atoms with Gasteiger partial charge in [0.25, 0.3) is 0 Å². The number of benzene rings is 2. The molecule has 1 amide bonds. The number of carbonyl (C=O) groups is 1. The molecule has 0 radical (unpaired) electrons. The van der Waals surface area contributed by atoms with Crippen LogP contribution in [-0.2, 0) is 11.2 Å². The zero-order valence-electron chi connectivity index (χ0n) is 17.8. The number of likely N-dealkylation sites (tertiary alicyclic amines) is 1. The standard InChI is InChI=1S/C24H32N2O3/c1-4-24(27)26(20-8-6-5-7-9-20)21-11-14-25(15-12-21)13-10-19-16-22(28-2)18-23(17-19)29-3/h5-9,16-18,21H,4,10-15H2,1-3H3. The first-order valence-electron chi connectivity index (χ1n) is 10.5. The first kappa shape index (κ1) is 21.2. The Hall–Kier alpha value is -2.53. The third-order valence-corrected chi connectivity index (χ3v) is 5.66. The minimum atomic E-state index is 0.207. The van der Waals surface area contributed by atoms with Crippen LogP contribution in [0.15, 0.2) is 48.5 Å². The lowest BCUT2D eigenvalue weighted by atomic mass is 10.0. The zero-order chi connectivity index (χ0) is 20.6. The van der Waals surface area contributed by atoms with Gasteiger partial charge in [0.1, 0.15) is 11.5 Å². The van der Waals surface area contributed by atoms with Crippen LogP contribution in [0.4, 0.5) is 5.69 Å². The largest absolute Gasteiger partial charge is 0.497 e. The Kier molecular flexibility index (Phi) is 7.53. The van der Waals surface area contributed by atoms with E-state index in [1.165, 1.54) is 5.56 Å². The summed E-state index contributed by atoms with van der Waals surface area (Å²) < 4.78 is 10.7. The van der Waals surface area contributed by atoms with Crippen molar-refractivity contribution in [2.75, 3.05) is 38.8 Å². The van der Waals surface area contributed by atoms with E-state index in [0.717, 1.165) is 56.1 Å². The Morgan fingerprint density at radius 2 is 1.66 bits per heavy atom. The maximum absolute atomic E-state index is 12.6. The molecule has 1 aliphatic rings. The van der Waals surface area contributed by atoms with Gasteiger partial charge >= 0.3 is 0 Å². The fourth-order valence-electron chi connectivity index (χ4n) is 4.02. The van der Waals surface area contributed by atoms with Gasteiger partial charge in [-0.15, -0.1) is 0 Å². The van der Waals surface area contributed by atoms with Crippen molar-refractivity contribution in [2.45, 2.75) is 38.6 Å².